The van der Waals surface area contributed by atoms with Crippen LogP contribution in [0.5, 0.6) is 0 Å². The topological polar surface area (TPSA) is 0 Å². The summed E-state index contributed by atoms with van der Waals surface area (Å²) in [6.45, 7) is 0. The first-order chi connectivity index (χ1) is 26.5. The summed E-state index contributed by atoms with van der Waals surface area (Å²) in [5, 5.41) is 4.45. The molecular formula is C48H40Br3ClP2. The van der Waals surface area contributed by atoms with E-state index in [0.717, 1.165) is 0 Å². The summed E-state index contributed by atoms with van der Waals surface area (Å²) < 4.78 is 0. The van der Waals surface area contributed by atoms with Gasteiger partial charge in [0.1, 0.15) is 0 Å². The fraction of sp³-hybridized carbons (Fsp3) is 0. The van der Waals surface area contributed by atoms with Gasteiger partial charge in [-0.1, -0.05) is 0 Å². The van der Waals surface area contributed by atoms with E-state index in [9.17, 15) is 0 Å². The molecule has 0 aliphatic rings. The van der Waals surface area contributed by atoms with Crippen LogP contribution < -0.4 is 42.4 Å². The van der Waals surface area contributed by atoms with Crippen molar-refractivity contribution in [2.75, 3.05) is 0 Å². The van der Waals surface area contributed by atoms with E-state index in [-0.39, 0.29) is 0 Å². The molecule has 0 fully saturated rings. The Bertz CT molecular complexity index is 1810. The molecular weight excluding hydrogens is 914 g/mol. The molecule has 8 aromatic carbocycles. The first-order valence-corrected chi connectivity index (χ1v) is 28.1. The van der Waals surface area contributed by atoms with Crippen LogP contribution in [0.4, 0.5) is 0 Å². The Balaban J connectivity index is 0.000000176. The second-order valence-electron chi connectivity index (χ2n) is 12.7. The molecule has 0 bridgehead atoms. The third-order valence-electron chi connectivity index (χ3n) is 9.93. The molecule has 0 spiro atoms. The standard InChI is InChI=1S/2C24H20BrP.BrCl/c2*25-26(21-13-5-1-6-14-21,22-15-7-2-8-16-22,23-17-9-3-10-18-23)24-19-11-4-12-20-24;1-2/h2*1-20H;. The summed E-state index contributed by atoms with van der Waals surface area (Å²) in [6.07, 6.45) is 0. The molecule has 0 aliphatic carbocycles. The van der Waals surface area contributed by atoms with Crippen LogP contribution in [0, 0.1) is 0 Å². The zero-order valence-corrected chi connectivity index (χ0v) is 36.8. The Labute approximate surface area is 349 Å². The van der Waals surface area contributed by atoms with Gasteiger partial charge in [0.2, 0.25) is 0 Å². The van der Waals surface area contributed by atoms with Gasteiger partial charge >= 0.3 is 327 Å². The maximum Gasteiger partial charge on any atom is 0.0341 e. The number of hydrogen-bond donors (Lipinski definition) is 0. The summed E-state index contributed by atoms with van der Waals surface area (Å²) in [6, 6.07) is 86.8. The second-order valence-corrected chi connectivity index (χ2v) is 29.4. The Morgan fingerprint density at radius 2 is 0.296 bits per heavy atom. The van der Waals surface area contributed by atoms with Gasteiger partial charge in [-0.3, -0.25) is 0 Å². The molecule has 0 nitrogen and oxygen atoms in total. The van der Waals surface area contributed by atoms with E-state index in [0.29, 0.717) is 0 Å². The molecule has 0 saturated carbocycles. The maximum absolute atomic E-state index is 4.46. The molecule has 0 heterocycles. The van der Waals surface area contributed by atoms with Gasteiger partial charge in [0.25, 0.3) is 0 Å². The third-order valence-corrected chi connectivity index (χ3v) is 29.9. The minimum absolute atomic E-state index is 1.31. The molecule has 0 aliphatic heterocycles. The molecule has 270 valence electrons. The maximum atomic E-state index is 4.46. The van der Waals surface area contributed by atoms with E-state index in [2.05, 4.69) is 299 Å². The van der Waals surface area contributed by atoms with Crippen LogP contribution in [0.3, 0.4) is 0 Å². The van der Waals surface area contributed by atoms with Crippen molar-refractivity contribution in [2.24, 2.45) is 0 Å². The van der Waals surface area contributed by atoms with Crippen molar-refractivity contribution in [3.8, 4) is 0 Å². The normalized spacial score (nSPS) is 12.5. The van der Waals surface area contributed by atoms with Gasteiger partial charge in [-0.15, -0.1) is 0 Å². The number of hydrogen-bond acceptors (Lipinski definition) is 0. The summed E-state index contributed by atoms with van der Waals surface area (Å²) in [4.78, 5) is 0. The average Bonchev–Trinajstić information content (AvgIpc) is 3.29. The van der Waals surface area contributed by atoms with Crippen LogP contribution in [0.15, 0.2) is 243 Å². The third kappa shape index (κ3) is 7.01. The monoisotopic (exact) mass is 950 g/mol. The first-order valence-electron chi connectivity index (χ1n) is 17.6. The molecule has 0 unspecified atom stereocenters. The fourth-order valence-electron chi connectivity index (χ4n) is 7.45. The van der Waals surface area contributed by atoms with Crippen molar-refractivity contribution in [3.05, 3.63) is 243 Å². The van der Waals surface area contributed by atoms with E-state index >= 15 is 0 Å². The van der Waals surface area contributed by atoms with Crippen LogP contribution >= 0.6 is 66.7 Å². The van der Waals surface area contributed by atoms with E-state index in [1.807, 2.05) is 0 Å². The molecule has 0 aromatic heterocycles. The van der Waals surface area contributed by atoms with E-state index < -0.39 is 10.6 Å². The van der Waals surface area contributed by atoms with Gasteiger partial charge in [-0.25, -0.2) is 0 Å². The molecule has 0 N–H and O–H groups in total. The van der Waals surface area contributed by atoms with Crippen LogP contribution in [0.1, 0.15) is 0 Å². The fourth-order valence-corrected chi connectivity index (χ4v) is 22.6. The van der Waals surface area contributed by atoms with E-state index in [1.54, 1.807) is 0 Å². The van der Waals surface area contributed by atoms with Gasteiger partial charge in [0.05, 0.1) is 0 Å². The van der Waals surface area contributed by atoms with Gasteiger partial charge in [-0.05, 0) is 10.1 Å². The number of halogens is 4. The zero-order chi connectivity index (χ0) is 37.8. The quantitative estimate of drug-likeness (QED) is 0.133. The number of rotatable bonds is 8. The molecule has 0 saturated heterocycles. The molecule has 8 aromatic rings. The molecule has 6 heteroatoms. The van der Waals surface area contributed by atoms with Crippen LogP contribution in [0.2, 0.25) is 0 Å². The summed E-state index contributed by atoms with van der Waals surface area (Å²) in [5.41, 5.74) is 0. The summed E-state index contributed by atoms with van der Waals surface area (Å²) in [5.74, 6) is 0. The Morgan fingerprint density at radius 1 is 0.204 bits per heavy atom. The van der Waals surface area contributed by atoms with Crippen LogP contribution in [0.25, 0.3) is 0 Å². The summed E-state index contributed by atoms with van der Waals surface area (Å²) >= 11 is 11.3. The van der Waals surface area contributed by atoms with Crippen LogP contribution in [-0.2, 0) is 0 Å². The Hall–Kier alpha value is -3.65. The van der Waals surface area contributed by atoms with Gasteiger partial charge < -0.3 is 0 Å². The van der Waals surface area contributed by atoms with E-state index in [4.69, 9.17) is 0 Å². The van der Waals surface area contributed by atoms with Crippen molar-refractivity contribution in [1.82, 2.24) is 0 Å². The van der Waals surface area contributed by atoms with Crippen molar-refractivity contribution in [2.45, 2.75) is 0 Å². The predicted molar refractivity (Wildman–Crippen MR) is 255 cm³/mol. The SMILES string of the molecule is BrP(c1ccccc1)(c1ccccc1)(c1ccccc1)c1ccccc1.BrP(c1ccccc1)(c1ccccc1)(c1ccccc1)c1ccccc1.ClBr. The summed E-state index contributed by atoms with van der Waals surface area (Å²) in [7, 11) is 4.45. The molecule has 0 radical (unpaired) electrons. The van der Waals surface area contributed by atoms with Crippen LogP contribution in [-0.4, -0.2) is 0 Å². The molecule has 0 amide bonds. The van der Waals surface area contributed by atoms with Crippen molar-refractivity contribution in [1.29, 1.82) is 0 Å². The Morgan fingerprint density at radius 3 is 0.389 bits per heavy atom. The van der Waals surface area contributed by atoms with Crippen molar-refractivity contribution in [3.63, 3.8) is 0 Å². The zero-order valence-electron chi connectivity index (χ0n) is 29.5. The van der Waals surface area contributed by atoms with Crippen molar-refractivity contribution < 1.29 is 0 Å². The Kier molecular flexibility index (Phi) is 13.2. The van der Waals surface area contributed by atoms with Crippen molar-refractivity contribution >= 4 is 109 Å². The van der Waals surface area contributed by atoms with Gasteiger partial charge in [-0.2, -0.15) is 0 Å². The predicted octanol–water partition coefficient (Wildman–Crippen LogP) is 11.8. The molecule has 0 atom stereocenters. The first kappa shape index (κ1) is 40.0. The minimum Gasteiger partial charge on any atom is -0.0341 e. The van der Waals surface area contributed by atoms with Gasteiger partial charge in [0, 0.05) is 15.0 Å². The van der Waals surface area contributed by atoms with Gasteiger partial charge in [0.15, 0.2) is 0 Å². The minimum atomic E-state index is -3.00. The average molecular weight is 954 g/mol. The molecule has 8 rings (SSSR count). The second kappa shape index (κ2) is 17.9. The smallest absolute Gasteiger partial charge is 0.0341 e. The largest absolute Gasteiger partial charge is 0.0341 e. The molecule has 54 heavy (non-hydrogen) atoms. The number of benzene rings is 8. The van der Waals surface area contributed by atoms with E-state index in [1.165, 1.54) is 42.4 Å².